The van der Waals surface area contributed by atoms with Crippen molar-refractivity contribution in [1.82, 2.24) is 14.5 Å². The summed E-state index contributed by atoms with van der Waals surface area (Å²) in [6.45, 7) is 3.68. The number of aromatic nitrogens is 3. The van der Waals surface area contributed by atoms with Crippen LogP contribution >= 0.6 is 0 Å². The van der Waals surface area contributed by atoms with Gasteiger partial charge in [0.2, 0.25) is 5.88 Å². The van der Waals surface area contributed by atoms with E-state index in [1.165, 1.54) is 0 Å². The molecule has 2 rings (SSSR count). The van der Waals surface area contributed by atoms with Crippen LogP contribution in [0.1, 0.15) is 5.69 Å². The van der Waals surface area contributed by atoms with Gasteiger partial charge in [0.1, 0.15) is 0 Å². The highest BCUT2D eigenvalue weighted by Gasteiger charge is 2.08. The molecule has 14 heavy (non-hydrogen) atoms. The average Bonchev–Trinajstić information content (AvgIpc) is 2.59. The topological polar surface area (TPSA) is 39.9 Å². The number of fused-ring (bicyclic) bond motifs is 1. The maximum atomic E-state index is 5.15. The number of ether oxygens (including phenoxy) is 1. The molecule has 2 heterocycles. The third kappa shape index (κ3) is 1.16. The Balaban J connectivity index is 2.82. The molecule has 0 amide bonds. The zero-order chi connectivity index (χ0) is 10.1. The number of hydrogen-bond donors (Lipinski definition) is 0. The molecular weight excluding hydrogens is 178 g/mol. The lowest BCUT2D eigenvalue weighted by Gasteiger charge is -2.02. The fraction of sp³-hybridized carbons (Fsp3) is 0.200. The van der Waals surface area contributed by atoms with Crippen LogP contribution in [-0.2, 0) is 7.05 Å². The first-order chi connectivity index (χ1) is 6.76. The molecule has 0 bridgehead atoms. The lowest BCUT2D eigenvalue weighted by Crippen LogP contribution is -1.93. The summed E-state index contributed by atoms with van der Waals surface area (Å²) in [6, 6.07) is 1.93. The fourth-order valence-corrected chi connectivity index (χ4v) is 1.36. The summed E-state index contributed by atoms with van der Waals surface area (Å²) in [5.41, 5.74) is 2.56. The molecule has 2 aromatic heterocycles. The van der Waals surface area contributed by atoms with Crippen LogP contribution in [-0.4, -0.2) is 21.6 Å². The van der Waals surface area contributed by atoms with Gasteiger partial charge in [0.15, 0.2) is 5.52 Å². The van der Waals surface area contributed by atoms with Gasteiger partial charge in [-0.1, -0.05) is 6.58 Å². The molecule has 0 aliphatic heterocycles. The van der Waals surface area contributed by atoms with Crippen molar-refractivity contribution in [2.45, 2.75) is 0 Å². The molecule has 4 heteroatoms. The highest BCUT2D eigenvalue weighted by Crippen LogP contribution is 2.22. The molecule has 2 aromatic rings. The minimum atomic E-state index is 0.540. The predicted octanol–water partition coefficient (Wildman–Crippen LogP) is 1.62. The summed E-state index contributed by atoms with van der Waals surface area (Å²) in [7, 11) is 3.52. The van der Waals surface area contributed by atoms with Crippen LogP contribution in [0, 0.1) is 0 Å². The fourth-order valence-electron chi connectivity index (χ4n) is 1.36. The standard InChI is InChI=1S/C10H11N3O/c1-4-7-5-8-9(10(12-7)14-3)11-6-13(8)2/h4-6H,1H2,2-3H3. The van der Waals surface area contributed by atoms with Gasteiger partial charge in [-0.3, -0.25) is 0 Å². The summed E-state index contributed by atoms with van der Waals surface area (Å²) in [5, 5.41) is 0. The number of rotatable bonds is 2. The Morgan fingerprint density at radius 1 is 1.57 bits per heavy atom. The lowest BCUT2D eigenvalue weighted by atomic mass is 10.3. The molecule has 0 aromatic carbocycles. The van der Waals surface area contributed by atoms with Crippen molar-refractivity contribution in [3.05, 3.63) is 24.7 Å². The van der Waals surface area contributed by atoms with Gasteiger partial charge in [0, 0.05) is 7.05 Å². The van der Waals surface area contributed by atoms with Crippen molar-refractivity contribution in [3.63, 3.8) is 0 Å². The van der Waals surface area contributed by atoms with Crippen LogP contribution in [0.4, 0.5) is 0 Å². The van der Waals surface area contributed by atoms with Gasteiger partial charge in [-0.25, -0.2) is 9.97 Å². The molecule has 0 aliphatic carbocycles. The summed E-state index contributed by atoms with van der Waals surface area (Å²) in [4.78, 5) is 8.44. The quantitative estimate of drug-likeness (QED) is 0.720. The maximum Gasteiger partial charge on any atom is 0.242 e. The first-order valence-corrected chi connectivity index (χ1v) is 4.24. The van der Waals surface area contributed by atoms with Gasteiger partial charge in [-0.2, -0.15) is 0 Å². The van der Waals surface area contributed by atoms with E-state index in [4.69, 9.17) is 4.74 Å². The molecule has 0 radical (unpaired) electrons. The van der Waals surface area contributed by atoms with Gasteiger partial charge < -0.3 is 9.30 Å². The van der Waals surface area contributed by atoms with Crippen molar-refractivity contribution in [2.75, 3.05) is 7.11 Å². The van der Waals surface area contributed by atoms with E-state index in [2.05, 4.69) is 16.5 Å². The van der Waals surface area contributed by atoms with Crippen LogP contribution in [0.3, 0.4) is 0 Å². The van der Waals surface area contributed by atoms with Crippen LogP contribution in [0.5, 0.6) is 5.88 Å². The van der Waals surface area contributed by atoms with Crippen molar-refractivity contribution in [1.29, 1.82) is 0 Å². The van der Waals surface area contributed by atoms with Crippen molar-refractivity contribution < 1.29 is 4.74 Å². The van der Waals surface area contributed by atoms with Gasteiger partial charge in [-0.05, 0) is 12.1 Å². The van der Waals surface area contributed by atoms with E-state index in [1.54, 1.807) is 19.5 Å². The molecule has 72 valence electrons. The summed E-state index contributed by atoms with van der Waals surface area (Å²) >= 11 is 0. The molecule has 0 aliphatic rings. The number of pyridine rings is 1. The minimum Gasteiger partial charge on any atom is -0.479 e. The van der Waals surface area contributed by atoms with E-state index in [-0.39, 0.29) is 0 Å². The zero-order valence-corrected chi connectivity index (χ0v) is 8.19. The van der Waals surface area contributed by atoms with Crippen LogP contribution < -0.4 is 4.74 Å². The van der Waals surface area contributed by atoms with Crippen molar-refractivity contribution >= 4 is 17.1 Å². The zero-order valence-electron chi connectivity index (χ0n) is 8.19. The molecule has 0 fully saturated rings. The Morgan fingerprint density at radius 2 is 2.36 bits per heavy atom. The van der Waals surface area contributed by atoms with Crippen LogP contribution in [0.2, 0.25) is 0 Å². The van der Waals surface area contributed by atoms with E-state index in [0.29, 0.717) is 5.88 Å². The second-order valence-corrected chi connectivity index (χ2v) is 2.98. The predicted molar refractivity (Wildman–Crippen MR) is 55.2 cm³/mol. The third-order valence-corrected chi connectivity index (χ3v) is 2.10. The normalized spacial score (nSPS) is 10.4. The Morgan fingerprint density at radius 3 is 3.00 bits per heavy atom. The summed E-state index contributed by atoms with van der Waals surface area (Å²) in [6.07, 6.45) is 3.43. The number of hydrogen-bond acceptors (Lipinski definition) is 3. The van der Waals surface area contributed by atoms with E-state index < -0.39 is 0 Å². The highest BCUT2D eigenvalue weighted by molar-refractivity contribution is 5.81. The second-order valence-electron chi connectivity index (χ2n) is 2.98. The average molecular weight is 189 g/mol. The molecule has 0 unspecified atom stereocenters. The molecule has 0 spiro atoms. The minimum absolute atomic E-state index is 0.540. The van der Waals surface area contributed by atoms with E-state index in [9.17, 15) is 0 Å². The van der Waals surface area contributed by atoms with Crippen LogP contribution in [0.25, 0.3) is 17.1 Å². The first kappa shape index (κ1) is 8.74. The molecule has 0 N–H and O–H groups in total. The summed E-state index contributed by atoms with van der Waals surface area (Å²) in [5.74, 6) is 0.540. The van der Waals surface area contributed by atoms with E-state index in [1.807, 2.05) is 17.7 Å². The highest BCUT2D eigenvalue weighted by atomic mass is 16.5. The van der Waals surface area contributed by atoms with Gasteiger partial charge in [0.05, 0.1) is 24.6 Å². The van der Waals surface area contributed by atoms with Crippen LogP contribution in [0.15, 0.2) is 19.0 Å². The maximum absolute atomic E-state index is 5.15. The number of methoxy groups -OCH3 is 1. The third-order valence-electron chi connectivity index (χ3n) is 2.10. The second kappa shape index (κ2) is 3.14. The largest absolute Gasteiger partial charge is 0.479 e. The molecule has 0 atom stereocenters. The Kier molecular flexibility index (Phi) is 1.96. The van der Waals surface area contributed by atoms with E-state index in [0.717, 1.165) is 16.7 Å². The molecule has 0 saturated carbocycles. The molecule has 0 saturated heterocycles. The Labute approximate surface area is 81.9 Å². The van der Waals surface area contributed by atoms with Crippen molar-refractivity contribution in [2.24, 2.45) is 7.05 Å². The Bertz CT molecular complexity index is 487. The monoisotopic (exact) mass is 189 g/mol. The number of nitrogens with zero attached hydrogens (tertiary/aromatic N) is 3. The molecular formula is C10H11N3O. The van der Waals surface area contributed by atoms with Gasteiger partial charge in [-0.15, -0.1) is 0 Å². The molecule has 4 nitrogen and oxygen atoms in total. The number of imidazole rings is 1. The van der Waals surface area contributed by atoms with Gasteiger partial charge in [0.25, 0.3) is 0 Å². The lowest BCUT2D eigenvalue weighted by molar-refractivity contribution is 0.402. The smallest absolute Gasteiger partial charge is 0.242 e. The number of aryl methyl sites for hydroxylation is 1. The van der Waals surface area contributed by atoms with E-state index >= 15 is 0 Å². The SMILES string of the molecule is C=Cc1cc2c(ncn2C)c(OC)n1. The Hall–Kier alpha value is -1.84. The summed E-state index contributed by atoms with van der Waals surface area (Å²) < 4.78 is 7.07. The first-order valence-electron chi connectivity index (χ1n) is 4.24. The van der Waals surface area contributed by atoms with Crippen molar-refractivity contribution in [3.8, 4) is 5.88 Å². The van der Waals surface area contributed by atoms with Gasteiger partial charge >= 0.3 is 0 Å².